The van der Waals surface area contributed by atoms with Gasteiger partial charge in [-0.25, -0.2) is 10.1 Å². The minimum absolute atomic E-state index is 0.00899. The van der Waals surface area contributed by atoms with Crippen LogP contribution in [-0.4, -0.2) is 50.1 Å². The molecular formula is C19H34BN3O4. The number of hydrogen-bond donors (Lipinski definition) is 3. The second kappa shape index (κ2) is 12.6. The van der Waals surface area contributed by atoms with Crippen molar-refractivity contribution < 1.29 is 19.4 Å². The van der Waals surface area contributed by atoms with Crippen LogP contribution >= 0.6 is 0 Å². The molecule has 0 spiro atoms. The highest BCUT2D eigenvalue weighted by Gasteiger charge is 2.32. The summed E-state index contributed by atoms with van der Waals surface area (Å²) in [6, 6.07) is 0.0903. The molecule has 0 aromatic heterocycles. The Labute approximate surface area is 163 Å². The van der Waals surface area contributed by atoms with E-state index in [0.29, 0.717) is 11.8 Å². The highest BCUT2D eigenvalue weighted by atomic mass is 16.5. The van der Waals surface area contributed by atoms with E-state index in [2.05, 4.69) is 35.2 Å². The van der Waals surface area contributed by atoms with Crippen LogP contribution in [0.5, 0.6) is 0 Å². The number of rotatable bonds is 13. The van der Waals surface area contributed by atoms with E-state index in [9.17, 15) is 20.0 Å². The molecular weight excluding hydrogens is 345 g/mol. The Balaban J connectivity index is 2.41. The summed E-state index contributed by atoms with van der Waals surface area (Å²) in [7, 11) is 1.26. The predicted octanol–water partition coefficient (Wildman–Crippen LogP) is 2.37. The van der Waals surface area contributed by atoms with Crippen molar-refractivity contribution in [1.82, 2.24) is 10.6 Å². The topological polar surface area (TPSA) is 111 Å². The van der Waals surface area contributed by atoms with Gasteiger partial charge in [0.05, 0.1) is 7.11 Å². The van der Waals surface area contributed by atoms with Crippen molar-refractivity contribution in [1.29, 1.82) is 5.26 Å². The average molecular weight is 379 g/mol. The van der Waals surface area contributed by atoms with E-state index < -0.39 is 6.09 Å². The van der Waals surface area contributed by atoms with Crippen molar-refractivity contribution in [2.75, 3.05) is 20.3 Å². The highest BCUT2D eigenvalue weighted by molar-refractivity contribution is 6.68. The first-order valence-corrected chi connectivity index (χ1v) is 10.0. The molecule has 3 N–H and O–H groups in total. The Hall–Kier alpha value is -1.75. The maximum absolute atomic E-state index is 12.0. The number of alkyl carbamates (subject to hydrolysis) is 1. The summed E-state index contributed by atoms with van der Waals surface area (Å²) < 4.78 is 4.46. The second-order valence-electron chi connectivity index (χ2n) is 7.94. The lowest BCUT2D eigenvalue weighted by Crippen LogP contribution is -2.43. The van der Waals surface area contributed by atoms with E-state index >= 15 is 0 Å². The maximum atomic E-state index is 12.0. The Morgan fingerprint density at radius 2 is 2.00 bits per heavy atom. The fourth-order valence-electron chi connectivity index (χ4n) is 3.34. The van der Waals surface area contributed by atoms with Crippen molar-refractivity contribution in [3.63, 3.8) is 0 Å². The van der Waals surface area contributed by atoms with E-state index in [-0.39, 0.29) is 37.6 Å². The van der Waals surface area contributed by atoms with Crippen LogP contribution in [0.3, 0.4) is 0 Å². The summed E-state index contributed by atoms with van der Waals surface area (Å²) in [6.07, 6.45) is 5.87. The first-order valence-electron chi connectivity index (χ1n) is 10.0. The number of nitrogens with one attached hydrogen (secondary N) is 2. The number of amides is 2. The number of ether oxygens (including phenoxy) is 1. The van der Waals surface area contributed by atoms with E-state index in [4.69, 9.17) is 0 Å². The van der Waals surface area contributed by atoms with Gasteiger partial charge in [-0.15, -0.1) is 0 Å². The van der Waals surface area contributed by atoms with Crippen molar-refractivity contribution in [2.24, 2.45) is 11.8 Å². The molecule has 1 saturated carbocycles. The zero-order valence-corrected chi connectivity index (χ0v) is 16.9. The monoisotopic (exact) mass is 379 g/mol. The summed E-state index contributed by atoms with van der Waals surface area (Å²) in [4.78, 5) is 23.1. The minimum Gasteiger partial charge on any atom is -0.453 e. The van der Waals surface area contributed by atoms with Crippen molar-refractivity contribution >= 4 is 18.7 Å². The van der Waals surface area contributed by atoms with Gasteiger partial charge in [-0.1, -0.05) is 39.4 Å². The number of nitriles is 1. The molecule has 27 heavy (non-hydrogen) atoms. The molecule has 1 aliphatic rings. The van der Waals surface area contributed by atoms with Gasteiger partial charge in [-0.3, -0.25) is 4.79 Å². The zero-order valence-electron chi connectivity index (χ0n) is 16.9. The Morgan fingerprint density at radius 3 is 2.52 bits per heavy atom. The van der Waals surface area contributed by atoms with Crippen molar-refractivity contribution in [2.45, 2.75) is 70.6 Å². The van der Waals surface area contributed by atoms with Gasteiger partial charge in [-0.2, -0.15) is 0 Å². The normalized spacial score (nSPS) is 15.6. The molecule has 2 atom stereocenters. The Morgan fingerprint density at radius 1 is 1.30 bits per heavy atom. The molecule has 1 fully saturated rings. The maximum Gasteiger partial charge on any atom is 0.407 e. The molecule has 1 aliphatic carbocycles. The van der Waals surface area contributed by atoms with Crippen LogP contribution in [0.25, 0.3) is 0 Å². The van der Waals surface area contributed by atoms with E-state index in [1.54, 1.807) is 0 Å². The third-order valence-corrected chi connectivity index (χ3v) is 5.23. The summed E-state index contributed by atoms with van der Waals surface area (Å²) in [5.74, 6) is 3.18. The molecule has 0 radical (unpaired) electrons. The standard InChI is InChI=1S/C19H34BN3O4/c1-14(2)9-10-20(13-21)16(12-24)5-4-6-17(15-7-8-15)23-18(25)11-22-19(26)27-3/h14-17,24H,4-12H2,1-3H3,(H,22,26)(H,23,25). The van der Waals surface area contributed by atoms with Gasteiger partial charge in [0.15, 0.2) is 0 Å². The molecule has 8 heteroatoms. The fourth-order valence-corrected chi connectivity index (χ4v) is 3.34. The van der Waals surface area contributed by atoms with Gasteiger partial charge in [0, 0.05) is 18.6 Å². The zero-order chi connectivity index (χ0) is 20.2. The van der Waals surface area contributed by atoms with Gasteiger partial charge < -0.3 is 20.5 Å². The summed E-state index contributed by atoms with van der Waals surface area (Å²) in [5.41, 5.74) is 0. The molecule has 152 valence electrons. The largest absolute Gasteiger partial charge is 0.453 e. The molecule has 0 aromatic rings. The third kappa shape index (κ3) is 9.67. The van der Waals surface area contributed by atoms with Crippen LogP contribution in [0.4, 0.5) is 4.79 Å². The van der Waals surface area contributed by atoms with Crippen LogP contribution in [0.15, 0.2) is 0 Å². The molecule has 2 unspecified atom stereocenters. The molecule has 0 aromatic carbocycles. The number of carbonyl (C=O) groups is 2. The molecule has 7 nitrogen and oxygen atoms in total. The van der Waals surface area contributed by atoms with E-state index in [1.165, 1.54) is 7.11 Å². The fraction of sp³-hybridized carbons (Fsp3) is 0.842. The van der Waals surface area contributed by atoms with Crippen LogP contribution in [0.1, 0.15) is 52.4 Å². The van der Waals surface area contributed by atoms with E-state index in [1.807, 2.05) is 0 Å². The quantitative estimate of drug-likeness (QED) is 0.426. The number of aliphatic hydroxyl groups excluding tert-OH is 1. The second-order valence-corrected chi connectivity index (χ2v) is 7.94. The lowest BCUT2D eigenvalue weighted by molar-refractivity contribution is -0.121. The number of aliphatic hydroxyl groups is 1. The van der Waals surface area contributed by atoms with Gasteiger partial charge in [0.1, 0.15) is 6.54 Å². The first kappa shape index (κ1) is 23.3. The van der Waals surface area contributed by atoms with Crippen molar-refractivity contribution in [3.8, 4) is 5.97 Å². The van der Waals surface area contributed by atoms with Crippen LogP contribution < -0.4 is 10.6 Å². The predicted molar refractivity (Wildman–Crippen MR) is 105 cm³/mol. The lowest BCUT2D eigenvalue weighted by atomic mass is 9.39. The smallest absolute Gasteiger partial charge is 0.407 e. The Kier molecular flexibility index (Phi) is 10.9. The third-order valence-electron chi connectivity index (χ3n) is 5.23. The van der Waals surface area contributed by atoms with Crippen LogP contribution in [-0.2, 0) is 9.53 Å². The van der Waals surface area contributed by atoms with E-state index in [0.717, 1.165) is 44.8 Å². The first-order chi connectivity index (χ1) is 12.9. The van der Waals surface area contributed by atoms with Gasteiger partial charge in [-0.05, 0) is 36.9 Å². The van der Waals surface area contributed by atoms with Gasteiger partial charge in [0.25, 0.3) is 6.71 Å². The highest BCUT2D eigenvalue weighted by Crippen LogP contribution is 2.35. The Bertz CT molecular complexity index is 506. The molecule has 0 heterocycles. The number of methoxy groups -OCH3 is 1. The average Bonchev–Trinajstić information content (AvgIpc) is 3.48. The van der Waals surface area contributed by atoms with Crippen LogP contribution in [0, 0.1) is 23.1 Å². The summed E-state index contributed by atoms with van der Waals surface area (Å²) in [5, 5.41) is 24.5. The molecule has 0 saturated heterocycles. The SMILES string of the molecule is COC(=O)NCC(=O)NC(CCCC(CO)B(C#N)CCC(C)C)C1CC1. The lowest BCUT2D eigenvalue weighted by Gasteiger charge is -2.21. The van der Waals surface area contributed by atoms with Gasteiger partial charge in [0.2, 0.25) is 5.91 Å². The van der Waals surface area contributed by atoms with Gasteiger partial charge >= 0.3 is 6.09 Å². The molecule has 0 aliphatic heterocycles. The summed E-state index contributed by atoms with van der Waals surface area (Å²) in [6.45, 7) is 4.09. The molecule has 1 rings (SSSR count). The minimum atomic E-state index is -0.622. The number of carbonyl (C=O) groups excluding carboxylic acids is 2. The number of nitrogens with zero attached hydrogens (tertiary/aromatic N) is 1. The summed E-state index contributed by atoms with van der Waals surface area (Å²) >= 11 is 0. The molecule has 2 amide bonds. The molecule has 0 bridgehead atoms. The number of hydrogen-bond acceptors (Lipinski definition) is 5. The van der Waals surface area contributed by atoms with Crippen molar-refractivity contribution in [3.05, 3.63) is 0 Å². The van der Waals surface area contributed by atoms with Crippen LogP contribution in [0.2, 0.25) is 12.1 Å².